The molecule has 0 aliphatic carbocycles. The van der Waals surface area contributed by atoms with E-state index >= 15 is 0 Å². The molecular weight excluding hydrogens is 332 g/mol. The van der Waals surface area contributed by atoms with Gasteiger partial charge < -0.3 is 14.4 Å². The zero-order valence-corrected chi connectivity index (χ0v) is 14.3. The van der Waals surface area contributed by atoms with E-state index in [-0.39, 0.29) is 0 Å². The van der Waals surface area contributed by atoms with Crippen LogP contribution in [0.3, 0.4) is 0 Å². The summed E-state index contributed by atoms with van der Waals surface area (Å²) in [6, 6.07) is 25.4. The van der Waals surface area contributed by atoms with Crippen molar-refractivity contribution in [3.05, 3.63) is 72.8 Å². The first kappa shape index (κ1) is 13.5. The van der Waals surface area contributed by atoms with Crippen molar-refractivity contribution in [2.24, 2.45) is 0 Å². The van der Waals surface area contributed by atoms with Gasteiger partial charge in [-0.1, -0.05) is 36.4 Å². The van der Waals surface area contributed by atoms with Crippen LogP contribution in [0.1, 0.15) is 0 Å². The number of aromatic amines is 2. The van der Waals surface area contributed by atoms with Crippen LogP contribution in [0.2, 0.25) is 0 Å². The molecule has 3 heteroatoms. The number of nitrogens with one attached hydrogen (secondary N) is 2. The summed E-state index contributed by atoms with van der Waals surface area (Å²) < 4.78 is 6.40. The van der Waals surface area contributed by atoms with Gasteiger partial charge in [0.25, 0.3) is 0 Å². The first-order chi connectivity index (χ1) is 13.4. The summed E-state index contributed by atoms with van der Waals surface area (Å²) in [4.78, 5) is 7.12. The summed E-state index contributed by atoms with van der Waals surface area (Å²) in [6.45, 7) is 0. The average molecular weight is 346 g/mol. The Labute approximate surface area is 153 Å². The second-order valence-electron chi connectivity index (χ2n) is 7.17. The Morgan fingerprint density at radius 3 is 2.15 bits per heavy atom. The number of hydrogen-bond donors (Lipinski definition) is 2. The molecule has 7 aromatic rings. The molecule has 0 saturated carbocycles. The molecule has 3 heterocycles. The highest BCUT2D eigenvalue weighted by atomic mass is 16.3. The van der Waals surface area contributed by atoms with Crippen LogP contribution in [0.25, 0.3) is 65.6 Å². The lowest BCUT2D eigenvalue weighted by molar-refractivity contribution is 0.673. The van der Waals surface area contributed by atoms with Crippen LogP contribution in [0.4, 0.5) is 0 Å². The number of fused-ring (bicyclic) bond motifs is 11. The van der Waals surface area contributed by atoms with E-state index in [9.17, 15) is 0 Å². The van der Waals surface area contributed by atoms with Gasteiger partial charge in [0.15, 0.2) is 0 Å². The van der Waals surface area contributed by atoms with E-state index in [0.29, 0.717) is 0 Å². The molecule has 0 unspecified atom stereocenters. The molecule has 0 fully saturated rings. The highest BCUT2D eigenvalue weighted by Crippen LogP contribution is 2.41. The number of benzene rings is 4. The molecule has 3 nitrogen and oxygen atoms in total. The van der Waals surface area contributed by atoms with Gasteiger partial charge in [0.05, 0.1) is 21.8 Å². The molecule has 7 rings (SSSR count). The van der Waals surface area contributed by atoms with E-state index < -0.39 is 0 Å². The van der Waals surface area contributed by atoms with Crippen LogP contribution in [0, 0.1) is 0 Å². The van der Waals surface area contributed by atoms with E-state index in [4.69, 9.17) is 4.42 Å². The molecule has 0 aliphatic heterocycles. The smallest absolute Gasteiger partial charge is 0.145 e. The van der Waals surface area contributed by atoms with Gasteiger partial charge in [-0.25, -0.2) is 0 Å². The molecule has 126 valence electrons. The molecule has 4 aromatic carbocycles. The van der Waals surface area contributed by atoms with Crippen LogP contribution in [-0.4, -0.2) is 9.97 Å². The monoisotopic (exact) mass is 346 g/mol. The number of furan rings is 1. The molecule has 0 aliphatic rings. The number of hydrogen-bond acceptors (Lipinski definition) is 1. The average Bonchev–Trinajstić information content (AvgIpc) is 3.37. The second-order valence-corrected chi connectivity index (χ2v) is 7.17. The molecular formula is C24H14N2O. The molecule has 0 saturated heterocycles. The van der Waals surface area contributed by atoms with Crippen LogP contribution in [0.15, 0.2) is 77.2 Å². The summed E-state index contributed by atoms with van der Waals surface area (Å²) in [5.74, 6) is 0. The Bertz CT molecular complexity index is 1680. The minimum absolute atomic E-state index is 0.918. The van der Waals surface area contributed by atoms with Crippen molar-refractivity contribution in [3.8, 4) is 0 Å². The summed E-state index contributed by atoms with van der Waals surface area (Å²) >= 11 is 0. The number of H-pyrrole nitrogens is 2. The van der Waals surface area contributed by atoms with Crippen molar-refractivity contribution in [2.75, 3.05) is 0 Å². The number of rotatable bonds is 0. The highest BCUT2D eigenvalue weighted by Gasteiger charge is 2.17. The van der Waals surface area contributed by atoms with Gasteiger partial charge >= 0.3 is 0 Å². The maximum Gasteiger partial charge on any atom is 0.145 e. The van der Waals surface area contributed by atoms with Crippen molar-refractivity contribution < 1.29 is 4.42 Å². The maximum atomic E-state index is 6.40. The highest BCUT2D eigenvalue weighted by molar-refractivity contribution is 6.28. The summed E-state index contributed by atoms with van der Waals surface area (Å²) in [6.07, 6.45) is 0. The van der Waals surface area contributed by atoms with Crippen molar-refractivity contribution in [1.82, 2.24) is 9.97 Å². The summed E-state index contributed by atoms with van der Waals surface area (Å²) in [5.41, 5.74) is 6.41. The lowest BCUT2D eigenvalue weighted by Gasteiger charge is -1.94. The van der Waals surface area contributed by atoms with E-state index in [2.05, 4.69) is 82.8 Å². The van der Waals surface area contributed by atoms with Crippen LogP contribution < -0.4 is 0 Å². The molecule has 0 atom stereocenters. The Balaban J connectivity index is 1.77. The lowest BCUT2D eigenvalue weighted by Crippen LogP contribution is -1.72. The Kier molecular flexibility index (Phi) is 2.25. The third-order valence-corrected chi connectivity index (χ3v) is 5.75. The molecule has 0 spiro atoms. The largest absolute Gasteiger partial charge is 0.455 e. The normalized spacial score (nSPS) is 12.4. The lowest BCUT2D eigenvalue weighted by atomic mass is 10.1. The van der Waals surface area contributed by atoms with E-state index in [0.717, 1.165) is 49.4 Å². The fourth-order valence-electron chi connectivity index (χ4n) is 4.57. The van der Waals surface area contributed by atoms with Crippen LogP contribution in [0.5, 0.6) is 0 Å². The van der Waals surface area contributed by atoms with Gasteiger partial charge in [-0.3, -0.25) is 0 Å². The molecule has 0 bridgehead atoms. The molecule has 2 N–H and O–H groups in total. The maximum absolute atomic E-state index is 6.40. The van der Waals surface area contributed by atoms with Gasteiger partial charge in [-0.15, -0.1) is 0 Å². The molecule has 3 aromatic heterocycles. The van der Waals surface area contributed by atoms with Gasteiger partial charge in [0, 0.05) is 32.6 Å². The van der Waals surface area contributed by atoms with E-state index in [1.807, 2.05) is 0 Å². The summed E-state index contributed by atoms with van der Waals surface area (Å²) in [7, 11) is 0. The first-order valence-corrected chi connectivity index (χ1v) is 9.13. The van der Waals surface area contributed by atoms with Crippen molar-refractivity contribution >= 4 is 65.6 Å². The number of aromatic nitrogens is 2. The Morgan fingerprint density at radius 2 is 1.26 bits per heavy atom. The predicted octanol–water partition coefficient (Wildman–Crippen LogP) is 6.86. The quantitative estimate of drug-likeness (QED) is 0.310. The van der Waals surface area contributed by atoms with Crippen molar-refractivity contribution in [2.45, 2.75) is 0 Å². The Morgan fingerprint density at radius 1 is 0.519 bits per heavy atom. The zero-order valence-electron chi connectivity index (χ0n) is 14.3. The van der Waals surface area contributed by atoms with Crippen LogP contribution in [-0.2, 0) is 0 Å². The fourth-order valence-corrected chi connectivity index (χ4v) is 4.57. The third-order valence-electron chi connectivity index (χ3n) is 5.75. The SMILES string of the molecule is c1ccc2c(c1)[nH]c1c2ccc2oc3c(ccc4[nH]c5ccccc5c43)c21. The minimum Gasteiger partial charge on any atom is -0.455 e. The van der Waals surface area contributed by atoms with Gasteiger partial charge in [0.1, 0.15) is 11.2 Å². The third kappa shape index (κ3) is 1.57. The van der Waals surface area contributed by atoms with E-state index in [1.165, 1.54) is 16.2 Å². The van der Waals surface area contributed by atoms with Gasteiger partial charge in [0.2, 0.25) is 0 Å². The topological polar surface area (TPSA) is 44.7 Å². The van der Waals surface area contributed by atoms with Gasteiger partial charge in [-0.2, -0.15) is 0 Å². The van der Waals surface area contributed by atoms with Crippen molar-refractivity contribution in [3.63, 3.8) is 0 Å². The first-order valence-electron chi connectivity index (χ1n) is 9.13. The van der Waals surface area contributed by atoms with Gasteiger partial charge in [-0.05, 0) is 36.4 Å². The van der Waals surface area contributed by atoms with E-state index in [1.54, 1.807) is 0 Å². The second kappa shape index (κ2) is 4.51. The summed E-state index contributed by atoms with van der Waals surface area (Å²) in [5, 5.41) is 7.15. The molecule has 0 radical (unpaired) electrons. The Hall–Kier alpha value is -3.72. The minimum atomic E-state index is 0.918. The van der Waals surface area contributed by atoms with Crippen LogP contribution >= 0.6 is 0 Å². The zero-order chi connectivity index (χ0) is 17.5. The predicted molar refractivity (Wildman–Crippen MR) is 112 cm³/mol. The standard InChI is InChI=1S/C24H14N2O/c1-3-7-17-13(5-1)14-10-12-20-22(23(14)26-17)16-9-11-19-21(24(16)27-20)15-6-2-4-8-18(15)25-19/h1-12,25-26H. The molecule has 27 heavy (non-hydrogen) atoms. The fraction of sp³-hybridized carbons (Fsp3) is 0. The molecule has 0 amide bonds. The number of para-hydroxylation sites is 2. The van der Waals surface area contributed by atoms with Crippen molar-refractivity contribution in [1.29, 1.82) is 0 Å².